The van der Waals surface area contributed by atoms with Crippen molar-refractivity contribution in [3.8, 4) is 0 Å². The summed E-state index contributed by atoms with van der Waals surface area (Å²) in [6.45, 7) is 9.12. The number of benzene rings is 2. The number of hydrogen-bond donors (Lipinski definition) is 0. The van der Waals surface area contributed by atoms with Crippen molar-refractivity contribution < 1.29 is 0 Å². The Hall–Kier alpha value is -1.34. The smallest absolute Gasteiger partial charge is 0.0387 e. The molecule has 0 aliphatic carbocycles. The van der Waals surface area contributed by atoms with E-state index < -0.39 is 0 Å². The molecule has 0 fully saturated rings. The highest BCUT2D eigenvalue weighted by Crippen LogP contribution is 2.39. The Morgan fingerprint density at radius 1 is 0.773 bits per heavy atom. The van der Waals surface area contributed by atoms with E-state index in [2.05, 4.69) is 52.0 Å². The van der Waals surface area contributed by atoms with Crippen molar-refractivity contribution in [2.75, 3.05) is 0 Å². The van der Waals surface area contributed by atoms with E-state index >= 15 is 0 Å². The van der Waals surface area contributed by atoms with E-state index in [1.165, 1.54) is 62.5 Å². The van der Waals surface area contributed by atoms with E-state index in [1.54, 1.807) is 5.56 Å². The summed E-state index contributed by atoms with van der Waals surface area (Å²) in [7, 11) is 0. The predicted octanol–water partition coefficient (Wildman–Crippen LogP) is 6.97. The molecular formula is C21H26S. The molecule has 0 aliphatic rings. The van der Waals surface area contributed by atoms with Gasteiger partial charge >= 0.3 is 0 Å². The van der Waals surface area contributed by atoms with Crippen molar-refractivity contribution in [3.05, 3.63) is 46.5 Å². The molecule has 0 spiro atoms. The van der Waals surface area contributed by atoms with Crippen LogP contribution in [0.25, 0.3) is 20.2 Å². The molecule has 3 aromatic rings. The van der Waals surface area contributed by atoms with Crippen LogP contribution in [0.5, 0.6) is 0 Å². The molecular weight excluding hydrogens is 284 g/mol. The van der Waals surface area contributed by atoms with Crippen molar-refractivity contribution in [1.29, 1.82) is 0 Å². The normalized spacial score (nSPS) is 11.6. The molecule has 0 nitrogen and oxygen atoms in total. The molecule has 0 atom stereocenters. The van der Waals surface area contributed by atoms with E-state index in [4.69, 9.17) is 0 Å². The highest BCUT2D eigenvalue weighted by atomic mass is 32.1. The molecule has 1 aromatic heterocycles. The van der Waals surface area contributed by atoms with Crippen LogP contribution in [0.1, 0.15) is 55.4 Å². The number of aryl methyl sites for hydroxylation is 4. The van der Waals surface area contributed by atoms with Crippen molar-refractivity contribution in [3.63, 3.8) is 0 Å². The minimum absolute atomic E-state index is 1.12. The molecule has 0 N–H and O–H groups in total. The Morgan fingerprint density at radius 3 is 1.95 bits per heavy atom. The van der Waals surface area contributed by atoms with Gasteiger partial charge in [-0.3, -0.25) is 0 Å². The van der Waals surface area contributed by atoms with Gasteiger partial charge in [-0.2, -0.15) is 0 Å². The average Bonchev–Trinajstić information content (AvgIpc) is 2.91. The van der Waals surface area contributed by atoms with Crippen LogP contribution in [0.4, 0.5) is 0 Å². The average molecular weight is 311 g/mol. The molecule has 0 saturated carbocycles. The largest absolute Gasteiger partial charge is 0.135 e. The minimum Gasteiger partial charge on any atom is -0.135 e. The highest BCUT2D eigenvalue weighted by Gasteiger charge is 2.12. The van der Waals surface area contributed by atoms with Crippen LogP contribution in [-0.4, -0.2) is 0 Å². The third-order valence-corrected chi connectivity index (χ3v) is 6.42. The van der Waals surface area contributed by atoms with E-state index in [0.717, 1.165) is 6.42 Å². The minimum atomic E-state index is 1.12. The summed E-state index contributed by atoms with van der Waals surface area (Å²) < 4.78 is 2.99. The maximum atomic E-state index is 2.36. The van der Waals surface area contributed by atoms with E-state index in [-0.39, 0.29) is 0 Å². The summed E-state index contributed by atoms with van der Waals surface area (Å²) in [5.41, 5.74) is 6.01. The number of fused-ring (bicyclic) bond motifs is 3. The lowest BCUT2D eigenvalue weighted by Gasteiger charge is -2.06. The van der Waals surface area contributed by atoms with Gasteiger partial charge in [0.15, 0.2) is 0 Å². The first kappa shape index (κ1) is 15.6. The molecule has 0 aliphatic heterocycles. The van der Waals surface area contributed by atoms with E-state index in [1.807, 2.05) is 11.3 Å². The van der Waals surface area contributed by atoms with Crippen LogP contribution < -0.4 is 0 Å². The second-order valence-electron chi connectivity index (χ2n) is 6.37. The van der Waals surface area contributed by atoms with Crippen molar-refractivity contribution in [2.45, 2.75) is 59.8 Å². The molecule has 3 rings (SSSR count). The third-order valence-electron chi connectivity index (χ3n) is 4.96. The van der Waals surface area contributed by atoms with Crippen LogP contribution in [0.15, 0.2) is 24.3 Å². The molecule has 0 unspecified atom stereocenters. The molecule has 0 bridgehead atoms. The van der Waals surface area contributed by atoms with Gasteiger partial charge in [-0.15, -0.1) is 11.3 Å². The predicted molar refractivity (Wildman–Crippen MR) is 101 cm³/mol. The zero-order valence-corrected chi connectivity index (χ0v) is 15.1. The van der Waals surface area contributed by atoms with Crippen molar-refractivity contribution in [2.24, 2.45) is 0 Å². The van der Waals surface area contributed by atoms with Gasteiger partial charge in [0.2, 0.25) is 0 Å². The highest BCUT2D eigenvalue weighted by molar-refractivity contribution is 7.26. The molecule has 1 heteroatoms. The fourth-order valence-corrected chi connectivity index (χ4v) is 4.82. The van der Waals surface area contributed by atoms with E-state index in [0.29, 0.717) is 0 Å². The lowest BCUT2D eigenvalue weighted by atomic mass is 9.98. The molecule has 0 amide bonds. The molecule has 116 valence electrons. The first-order valence-corrected chi connectivity index (χ1v) is 9.42. The summed E-state index contributed by atoms with van der Waals surface area (Å²) in [6, 6.07) is 9.36. The molecule has 2 aromatic carbocycles. The van der Waals surface area contributed by atoms with Gasteiger partial charge in [0, 0.05) is 20.2 Å². The Morgan fingerprint density at radius 2 is 1.36 bits per heavy atom. The Bertz CT molecular complexity index is 808. The zero-order chi connectivity index (χ0) is 15.7. The summed E-state index contributed by atoms with van der Waals surface area (Å²) in [5, 5.41) is 2.89. The Balaban J connectivity index is 2.14. The quantitative estimate of drug-likeness (QED) is 0.446. The standard InChI is InChI=1S/C21H26S/c1-5-7-8-9-17-11-13-19-18-12-10-16(6-2)14(3)20(18)22-21(19)15(17)4/h10-13H,5-9H2,1-4H3. The fraction of sp³-hybridized carbons (Fsp3) is 0.429. The second-order valence-corrected chi connectivity index (χ2v) is 7.39. The van der Waals surface area contributed by atoms with Crippen LogP contribution in [0.3, 0.4) is 0 Å². The maximum Gasteiger partial charge on any atom is 0.0387 e. The second kappa shape index (κ2) is 6.42. The van der Waals surface area contributed by atoms with Gasteiger partial charge in [0.05, 0.1) is 0 Å². The van der Waals surface area contributed by atoms with Gasteiger partial charge in [0.1, 0.15) is 0 Å². The summed E-state index contributed by atoms with van der Waals surface area (Å²) in [4.78, 5) is 0. The lowest BCUT2D eigenvalue weighted by Crippen LogP contribution is -1.89. The number of unbranched alkanes of at least 4 members (excludes halogenated alkanes) is 2. The number of thiophene rings is 1. The molecule has 0 saturated heterocycles. The van der Waals surface area contributed by atoms with Gasteiger partial charge in [-0.25, -0.2) is 0 Å². The first-order valence-electron chi connectivity index (χ1n) is 8.60. The summed E-state index contributed by atoms with van der Waals surface area (Å²) >= 11 is 2.00. The van der Waals surface area contributed by atoms with Crippen LogP contribution in [0.2, 0.25) is 0 Å². The van der Waals surface area contributed by atoms with Crippen LogP contribution in [0, 0.1) is 13.8 Å². The van der Waals surface area contributed by atoms with Gasteiger partial charge in [0.25, 0.3) is 0 Å². The summed E-state index contributed by atoms with van der Waals surface area (Å²) in [5.74, 6) is 0. The fourth-order valence-electron chi connectivity index (χ4n) is 3.47. The maximum absolute atomic E-state index is 2.36. The lowest BCUT2D eigenvalue weighted by molar-refractivity contribution is 0.716. The van der Waals surface area contributed by atoms with Crippen molar-refractivity contribution in [1.82, 2.24) is 0 Å². The van der Waals surface area contributed by atoms with Crippen LogP contribution in [-0.2, 0) is 12.8 Å². The monoisotopic (exact) mass is 310 g/mol. The zero-order valence-electron chi connectivity index (χ0n) is 14.3. The van der Waals surface area contributed by atoms with Crippen LogP contribution >= 0.6 is 11.3 Å². The van der Waals surface area contributed by atoms with Gasteiger partial charge in [-0.05, 0) is 55.4 Å². The number of hydrogen-bond acceptors (Lipinski definition) is 1. The first-order chi connectivity index (χ1) is 10.7. The topological polar surface area (TPSA) is 0 Å². The molecule has 0 radical (unpaired) electrons. The SMILES string of the molecule is CCCCCc1ccc2c(sc3c(C)c(CC)ccc32)c1C. The van der Waals surface area contributed by atoms with Gasteiger partial charge < -0.3 is 0 Å². The summed E-state index contributed by atoms with van der Waals surface area (Å²) in [6.07, 6.45) is 6.29. The number of rotatable bonds is 5. The Labute approximate surface area is 138 Å². The van der Waals surface area contributed by atoms with E-state index in [9.17, 15) is 0 Å². The van der Waals surface area contributed by atoms with Gasteiger partial charge in [-0.1, -0.05) is 51.0 Å². The molecule has 1 heterocycles. The molecule has 22 heavy (non-hydrogen) atoms. The van der Waals surface area contributed by atoms with Crippen molar-refractivity contribution >= 4 is 31.5 Å². The third kappa shape index (κ3) is 2.56. The Kier molecular flexibility index (Phi) is 4.54.